The number of methoxy groups -OCH3 is 1. The van der Waals surface area contributed by atoms with Gasteiger partial charge in [0, 0.05) is 17.5 Å². The van der Waals surface area contributed by atoms with Crippen molar-refractivity contribution in [2.45, 2.75) is 6.54 Å². The fourth-order valence-corrected chi connectivity index (χ4v) is 3.03. The largest absolute Gasteiger partial charge is 0.497 e. The van der Waals surface area contributed by atoms with Gasteiger partial charge in [0.25, 0.3) is 0 Å². The molecule has 3 aromatic heterocycles. The van der Waals surface area contributed by atoms with Crippen molar-refractivity contribution in [1.29, 1.82) is 0 Å². The predicted molar refractivity (Wildman–Crippen MR) is 94.4 cm³/mol. The Labute approximate surface area is 142 Å². The molecule has 0 radical (unpaired) electrons. The lowest BCUT2D eigenvalue weighted by Crippen LogP contribution is -2.04. The lowest BCUT2D eigenvalue weighted by molar-refractivity contribution is 0.414. The summed E-state index contributed by atoms with van der Waals surface area (Å²) < 4.78 is 6.93. The normalized spacial score (nSPS) is 10.9. The summed E-state index contributed by atoms with van der Waals surface area (Å²) in [4.78, 5) is 0. The zero-order chi connectivity index (χ0) is 16.4. The third kappa shape index (κ3) is 2.81. The summed E-state index contributed by atoms with van der Waals surface area (Å²) in [6, 6.07) is 13.8. The van der Waals surface area contributed by atoms with E-state index in [-0.39, 0.29) is 0 Å². The van der Waals surface area contributed by atoms with E-state index in [2.05, 4.69) is 20.6 Å². The number of ether oxygens (including phenoxy) is 1. The number of nitrogens with zero attached hydrogens (tertiary/aromatic N) is 4. The molecular formula is C17H15N5OS. The molecule has 1 N–H and O–H groups in total. The molecule has 0 spiro atoms. The first kappa shape index (κ1) is 14.6. The first-order valence-corrected chi connectivity index (χ1v) is 8.39. The zero-order valence-corrected chi connectivity index (χ0v) is 13.8. The number of hydrogen-bond acceptors (Lipinski definition) is 6. The molecule has 0 aliphatic carbocycles. The number of fused-ring (bicyclic) bond motifs is 1. The van der Waals surface area contributed by atoms with Crippen LogP contribution in [-0.4, -0.2) is 26.9 Å². The monoisotopic (exact) mass is 337 g/mol. The number of rotatable bonds is 5. The van der Waals surface area contributed by atoms with Crippen molar-refractivity contribution in [3.8, 4) is 17.1 Å². The molecule has 0 unspecified atom stereocenters. The van der Waals surface area contributed by atoms with Crippen LogP contribution in [0.2, 0.25) is 0 Å². The number of aromatic nitrogens is 4. The van der Waals surface area contributed by atoms with Crippen LogP contribution in [-0.2, 0) is 6.54 Å². The maximum atomic E-state index is 5.17. The maximum absolute atomic E-state index is 5.17. The highest BCUT2D eigenvalue weighted by atomic mass is 32.1. The quantitative estimate of drug-likeness (QED) is 0.604. The topological polar surface area (TPSA) is 64.3 Å². The van der Waals surface area contributed by atoms with Crippen LogP contribution in [0.3, 0.4) is 0 Å². The Balaban J connectivity index is 1.57. The zero-order valence-electron chi connectivity index (χ0n) is 13.0. The van der Waals surface area contributed by atoms with Gasteiger partial charge in [0.15, 0.2) is 11.5 Å². The Kier molecular flexibility index (Phi) is 3.84. The van der Waals surface area contributed by atoms with Gasteiger partial charge in [-0.05, 0) is 41.3 Å². The highest BCUT2D eigenvalue weighted by Gasteiger charge is 2.10. The van der Waals surface area contributed by atoms with Crippen molar-refractivity contribution < 1.29 is 4.74 Å². The molecule has 0 atom stereocenters. The van der Waals surface area contributed by atoms with Crippen molar-refractivity contribution >= 4 is 22.8 Å². The first-order chi connectivity index (χ1) is 11.8. The Morgan fingerprint density at radius 3 is 2.71 bits per heavy atom. The van der Waals surface area contributed by atoms with E-state index in [1.807, 2.05) is 53.2 Å². The van der Waals surface area contributed by atoms with E-state index < -0.39 is 0 Å². The molecule has 6 nitrogen and oxygen atoms in total. The minimum absolute atomic E-state index is 0.679. The molecule has 4 aromatic rings. The number of anilines is 1. The molecule has 0 aliphatic rings. The average molecular weight is 337 g/mol. The van der Waals surface area contributed by atoms with Crippen LogP contribution in [0.25, 0.3) is 17.0 Å². The molecule has 0 aliphatic heterocycles. The Hall–Kier alpha value is -2.93. The van der Waals surface area contributed by atoms with Crippen LogP contribution >= 0.6 is 11.3 Å². The van der Waals surface area contributed by atoms with E-state index in [1.165, 1.54) is 0 Å². The van der Waals surface area contributed by atoms with Crippen LogP contribution in [0.15, 0.2) is 53.2 Å². The van der Waals surface area contributed by atoms with E-state index in [9.17, 15) is 0 Å². The highest BCUT2D eigenvalue weighted by molar-refractivity contribution is 7.08. The van der Waals surface area contributed by atoms with Crippen LogP contribution in [0.4, 0.5) is 5.82 Å². The van der Waals surface area contributed by atoms with Gasteiger partial charge in [-0.1, -0.05) is 12.1 Å². The molecule has 1 aromatic carbocycles. The van der Waals surface area contributed by atoms with Gasteiger partial charge in [0.05, 0.1) is 7.11 Å². The molecule has 0 fully saturated rings. The number of nitrogens with one attached hydrogen (secondary N) is 1. The molecule has 0 bridgehead atoms. The fourth-order valence-electron chi connectivity index (χ4n) is 2.39. The minimum Gasteiger partial charge on any atom is -0.497 e. The maximum Gasteiger partial charge on any atom is 0.186 e. The van der Waals surface area contributed by atoms with Crippen molar-refractivity contribution in [2.75, 3.05) is 12.4 Å². The Morgan fingerprint density at radius 2 is 1.96 bits per heavy atom. The van der Waals surface area contributed by atoms with Crippen molar-refractivity contribution in [3.05, 3.63) is 58.8 Å². The Morgan fingerprint density at radius 1 is 1.08 bits per heavy atom. The summed E-state index contributed by atoms with van der Waals surface area (Å²) in [5.41, 5.74) is 2.90. The average Bonchev–Trinajstić information content (AvgIpc) is 3.29. The lowest BCUT2D eigenvalue weighted by Gasteiger charge is -2.07. The van der Waals surface area contributed by atoms with E-state index in [0.717, 1.165) is 34.2 Å². The Bertz CT molecular complexity index is 947. The van der Waals surface area contributed by atoms with Gasteiger partial charge in [0.2, 0.25) is 0 Å². The van der Waals surface area contributed by atoms with Gasteiger partial charge in [-0.15, -0.1) is 15.3 Å². The summed E-state index contributed by atoms with van der Waals surface area (Å²) >= 11 is 1.63. The second kappa shape index (κ2) is 6.29. The number of hydrogen-bond donors (Lipinski definition) is 1. The summed E-state index contributed by atoms with van der Waals surface area (Å²) in [5.74, 6) is 2.37. The van der Waals surface area contributed by atoms with Gasteiger partial charge in [-0.2, -0.15) is 15.9 Å². The molecule has 7 heteroatoms. The van der Waals surface area contributed by atoms with Crippen molar-refractivity contribution in [2.24, 2.45) is 0 Å². The summed E-state index contributed by atoms with van der Waals surface area (Å²) in [7, 11) is 1.66. The van der Waals surface area contributed by atoms with Gasteiger partial charge >= 0.3 is 0 Å². The van der Waals surface area contributed by atoms with E-state index in [1.54, 1.807) is 23.0 Å². The van der Waals surface area contributed by atoms with E-state index in [4.69, 9.17) is 4.74 Å². The molecule has 4 rings (SSSR count). The molecule has 24 heavy (non-hydrogen) atoms. The highest BCUT2D eigenvalue weighted by Crippen LogP contribution is 2.21. The SMILES string of the molecule is COc1ccc(CNc2ccc3nnc(-c4ccsc4)n3n2)cc1. The number of benzene rings is 1. The smallest absolute Gasteiger partial charge is 0.186 e. The molecular weight excluding hydrogens is 322 g/mol. The summed E-state index contributed by atoms with van der Waals surface area (Å²) in [6.45, 7) is 0.679. The molecule has 0 amide bonds. The molecule has 0 saturated heterocycles. The molecule has 120 valence electrons. The van der Waals surface area contributed by atoms with Gasteiger partial charge in [-0.3, -0.25) is 0 Å². The summed E-state index contributed by atoms with van der Waals surface area (Å²) in [5, 5.41) is 20.4. The molecule has 3 heterocycles. The van der Waals surface area contributed by atoms with Crippen molar-refractivity contribution in [1.82, 2.24) is 19.8 Å². The van der Waals surface area contributed by atoms with Crippen LogP contribution in [0.1, 0.15) is 5.56 Å². The third-order valence-corrected chi connectivity index (χ3v) is 4.36. The van der Waals surface area contributed by atoms with Gasteiger partial charge in [-0.25, -0.2) is 0 Å². The van der Waals surface area contributed by atoms with E-state index >= 15 is 0 Å². The van der Waals surface area contributed by atoms with Crippen LogP contribution in [0.5, 0.6) is 5.75 Å². The fraction of sp³-hybridized carbons (Fsp3) is 0.118. The van der Waals surface area contributed by atoms with E-state index in [0.29, 0.717) is 6.54 Å². The third-order valence-electron chi connectivity index (χ3n) is 3.67. The summed E-state index contributed by atoms with van der Waals surface area (Å²) in [6.07, 6.45) is 0. The van der Waals surface area contributed by atoms with Gasteiger partial charge < -0.3 is 10.1 Å². The van der Waals surface area contributed by atoms with Crippen LogP contribution < -0.4 is 10.1 Å². The minimum atomic E-state index is 0.679. The second-order valence-electron chi connectivity index (χ2n) is 5.23. The lowest BCUT2D eigenvalue weighted by atomic mass is 10.2. The number of thiophene rings is 1. The first-order valence-electron chi connectivity index (χ1n) is 7.45. The second-order valence-corrected chi connectivity index (χ2v) is 6.01. The standard InChI is InChI=1S/C17H15N5OS/c1-23-14-4-2-12(3-5-14)10-18-15-6-7-16-19-20-17(22(16)21-15)13-8-9-24-11-13/h2-9,11H,10H2,1H3,(H,18,21). The van der Waals surface area contributed by atoms with Crippen LogP contribution in [0, 0.1) is 0 Å². The molecule has 0 saturated carbocycles. The van der Waals surface area contributed by atoms with Gasteiger partial charge in [0.1, 0.15) is 11.6 Å². The predicted octanol–water partition coefficient (Wildman–Crippen LogP) is 3.47. The van der Waals surface area contributed by atoms with Crippen molar-refractivity contribution in [3.63, 3.8) is 0 Å².